The number of nitrogens with one attached hydrogen (secondary N) is 2. The number of carbonyl (C=O) groups is 2. The van der Waals surface area contributed by atoms with Crippen molar-refractivity contribution < 1.29 is 14.7 Å². The third kappa shape index (κ3) is 2.71. The van der Waals surface area contributed by atoms with Gasteiger partial charge < -0.3 is 15.4 Å². The second-order valence-corrected chi connectivity index (χ2v) is 4.69. The van der Waals surface area contributed by atoms with Gasteiger partial charge in [0.25, 0.3) is 5.91 Å². The van der Waals surface area contributed by atoms with E-state index in [0.29, 0.717) is 16.6 Å². The predicted molar refractivity (Wildman–Crippen MR) is 72.7 cm³/mol. The van der Waals surface area contributed by atoms with E-state index in [1.165, 1.54) is 4.57 Å². The summed E-state index contributed by atoms with van der Waals surface area (Å²) in [6.07, 6.45) is -0.142. The molecule has 0 aliphatic heterocycles. The van der Waals surface area contributed by atoms with Gasteiger partial charge in [0.05, 0.1) is 17.5 Å². The molecule has 20 heavy (non-hydrogen) atoms. The quantitative estimate of drug-likeness (QED) is 0.755. The predicted octanol–water partition coefficient (Wildman–Crippen LogP) is 0.460. The van der Waals surface area contributed by atoms with E-state index in [1.54, 1.807) is 32.2 Å². The third-order valence-electron chi connectivity index (χ3n) is 3.03. The molecule has 1 unspecified atom stereocenters. The topological polar surface area (TPSA) is 104 Å². The molecule has 0 radical (unpaired) electrons. The second kappa shape index (κ2) is 5.20. The normalized spacial score (nSPS) is 12.3. The summed E-state index contributed by atoms with van der Waals surface area (Å²) in [5.41, 5.74) is 1.39. The lowest BCUT2D eigenvalue weighted by molar-refractivity contribution is -0.137. The fourth-order valence-corrected chi connectivity index (χ4v) is 1.98. The Morgan fingerprint density at radius 3 is 2.80 bits per heavy atom. The highest BCUT2D eigenvalue weighted by Crippen LogP contribution is 2.12. The molecule has 0 saturated carbocycles. The average molecular weight is 277 g/mol. The summed E-state index contributed by atoms with van der Waals surface area (Å²) in [5.74, 6) is -1.34. The second-order valence-electron chi connectivity index (χ2n) is 4.69. The summed E-state index contributed by atoms with van der Waals surface area (Å²) in [6.45, 7) is 1.62. The molecular formula is C13H15N3O4. The van der Waals surface area contributed by atoms with Gasteiger partial charge in [-0.25, -0.2) is 4.79 Å². The van der Waals surface area contributed by atoms with E-state index in [2.05, 4.69) is 10.3 Å². The molecule has 0 aliphatic carbocycles. The van der Waals surface area contributed by atoms with Gasteiger partial charge in [0.15, 0.2) is 0 Å². The van der Waals surface area contributed by atoms with Crippen LogP contribution in [-0.2, 0) is 11.8 Å². The fraction of sp³-hybridized carbons (Fsp3) is 0.308. The molecule has 1 atom stereocenters. The molecule has 7 nitrogen and oxygen atoms in total. The number of hydrogen-bond acceptors (Lipinski definition) is 3. The molecule has 0 saturated heterocycles. The van der Waals surface area contributed by atoms with E-state index in [9.17, 15) is 14.4 Å². The number of hydrogen-bond donors (Lipinski definition) is 3. The average Bonchev–Trinajstić information content (AvgIpc) is 2.63. The zero-order valence-electron chi connectivity index (χ0n) is 11.1. The molecule has 1 aromatic carbocycles. The van der Waals surface area contributed by atoms with Gasteiger partial charge in [-0.2, -0.15) is 0 Å². The van der Waals surface area contributed by atoms with Crippen LogP contribution in [0.3, 0.4) is 0 Å². The first kappa shape index (κ1) is 13.9. The van der Waals surface area contributed by atoms with Crippen molar-refractivity contribution in [3.05, 3.63) is 34.2 Å². The summed E-state index contributed by atoms with van der Waals surface area (Å²) in [6, 6.07) is 4.36. The van der Waals surface area contributed by atoms with Crippen LogP contribution < -0.4 is 11.0 Å². The lowest BCUT2D eigenvalue weighted by atomic mass is 10.1. The molecule has 0 aliphatic rings. The molecule has 1 heterocycles. The number of nitrogens with zero attached hydrogens (tertiary/aromatic N) is 1. The maximum absolute atomic E-state index is 12.0. The van der Waals surface area contributed by atoms with Gasteiger partial charge in [-0.05, 0) is 25.1 Å². The fourth-order valence-electron chi connectivity index (χ4n) is 1.98. The highest BCUT2D eigenvalue weighted by Gasteiger charge is 2.14. The number of carboxylic acids is 1. The van der Waals surface area contributed by atoms with Crippen molar-refractivity contribution in [3.8, 4) is 0 Å². The van der Waals surface area contributed by atoms with Gasteiger partial charge in [0.2, 0.25) is 0 Å². The lowest BCUT2D eigenvalue weighted by Crippen LogP contribution is -2.34. The lowest BCUT2D eigenvalue weighted by Gasteiger charge is -2.11. The van der Waals surface area contributed by atoms with Crippen LogP contribution in [-0.4, -0.2) is 32.6 Å². The first-order valence-electron chi connectivity index (χ1n) is 6.10. The smallest absolute Gasteiger partial charge is 0.326 e. The highest BCUT2D eigenvalue weighted by atomic mass is 16.4. The van der Waals surface area contributed by atoms with E-state index in [-0.39, 0.29) is 18.0 Å². The Morgan fingerprint density at radius 1 is 1.45 bits per heavy atom. The molecule has 7 heteroatoms. The SMILES string of the molecule is CC(CC(=O)O)NC(=O)c1ccc2[nH]c(=O)n(C)c2c1. The third-order valence-corrected chi connectivity index (χ3v) is 3.03. The van der Waals surface area contributed by atoms with Crippen molar-refractivity contribution in [2.24, 2.45) is 7.05 Å². The minimum absolute atomic E-state index is 0.142. The van der Waals surface area contributed by atoms with E-state index < -0.39 is 12.0 Å². The Kier molecular flexibility index (Phi) is 3.60. The summed E-state index contributed by atoms with van der Waals surface area (Å²) >= 11 is 0. The minimum atomic E-state index is -0.971. The molecule has 2 rings (SSSR count). The maximum Gasteiger partial charge on any atom is 0.326 e. The molecule has 1 amide bonds. The van der Waals surface area contributed by atoms with Crippen molar-refractivity contribution in [2.75, 3.05) is 0 Å². The summed E-state index contributed by atoms with van der Waals surface area (Å²) < 4.78 is 1.41. The van der Waals surface area contributed by atoms with E-state index in [4.69, 9.17) is 5.11 Å². The van der Waals surface area contributed by atoms with Gasteiger partial charge in [-0.3, -0.25) is 14.2 Å². The van der Waals surface area contributed by atoms with Crippen molar-refractivity contribution >= 4 is 22.9 Å². The molecular weight excluding hydrogens is 262 g/mol. The van der Waals surface area contributed by atoms with Crippen LogP contribution in [0.25, 0.3) is 11.0 Å². The van der Waals surface area contributed by atoms with Crippen LogP contribution in [0.4, 0.5) is 0 Å². The maximum atomic E-state index is 12.0. The summed E-state index contributed by atoms with van der Waals surface area (Å²) in [5, 5.41) is 11.3. The summed E-state index contributed by atoms with van der Waals surface area (Å²) in [4.78, 5) is 36.7. The van der Waals surface area contributed by atoms with Crippen molar-refractivity contribution in [2.45, 2.75) is 19.4 Å². The van der Waals surface area contributed by atoms with Crippen LogP contribution >= 0.6 is 0 Å². The number of amides is 1. The van der Waals surface area contributed by atoms with Crippen LogP contribution in [0.2, 0.25) is 0 Å². The van der Waals surface area contributed by atoms with E-state index >= 15 is 0 Å². The van der Waals surface area contributed by atoms with Crippen LogP contribution in [0.15, 0.2) is 23.0 Å². The van der Waals surface area contributed by atoms with Gasteiger partial charge in [-0.15, -0.1) is 0 Å². The number of imidazole rings is 1. The molecule has 0 bridgehead atoms. The first-order valence-corrected chi connectivity index (χ1v) is 6.10. The van der Waals surface area contributed by atoms with Gasteiger partial charge >= 0.3 is 11.7 Å². The Morgan fingerprint density at radius 2 is 2.15 bits per heavy atom. The standard InChI is InChI=1S/C13H15N3O4/c1-7(5-11(17)18)14-12(19)8-3-4-9-10(6-8)16(2)13(20)15-9/h3-4,6-7H,5H2,1-2H3,(H,14,19)(H,15,20)(H,17,18). The highest BCUT2D eigenvalue weighted by molar-refractivity contribution is 5.97. The Bertz CT molecular complexity index is 729. The molecule has 1 aromatic heterocycles. The molecule has 106 valence electrons. The van der Waals surface area contributed by atoms with Crippen molar-refractivity contribution in [1.82, 2.24) is 14.9 Å². The zero-order chi connectivity index (χ0) is 14.9. The van der Waals surface area contributed by atoms with Gasteiger partial charge in [-0.1, -0.05) is 0 Å². The zero-order valence-corrected chi connectivity index (χ0v) is 11.1. The minimum Gasteiger partial charge on any atom is -0.481 e. The first-order chi connectivity index (χ1) is 9.38. The number of aryl methyl sites for hydroxylation is 1. The molecule has 3 N–H and O–H groups in total. The summed E-state index contributed by atoms with van der Waals surface area (Å²) in [7, 11) is 1.61. The van der Waals surface area contributed by atoms with Gasteiger partial charge in [0, 0.05) is 18.7 Å². The number of fused-ring (bicyclic) bond motifs is 1. The number of benzene rings is 1. The largest absolute Gasteiger partial charge is 0.481 e. The number of rotatable bonds is 4. The Hall–Kier alpha value is -2.57. The van der Waals surface area contributed by atoms with Crippen LogP contribution in [0.5, 0.6) is 0 Å². The monoisotopic (exact) mass is 277 g/mol. The van der Waals surface area contributed by atoms with E-state index in [0.717, 1.165) is 0 Å². The number of aromatic amines is 1. The van der Waals surface area contributed by atoms with Crippen molar-refractivity contribution in [3.63, 3.8) is 0 Å². The number of carbonyl (C=O) groups excluding carboxylic acids is 1. The van der Waals surface area contributed by atoms with E-state index in [1.807, 2.05) is 0 Å². The molecule has 0 spiro atoms. The molecule has 0 fully saturated rings. The number of carboxylic acid groups (broad SMARTS) is 1. The van der Waals surface area contributed by atoms with Crippen molar-refractivity contribution in [1.29, 1.82) is 0 Å². The van der Waals surface area contributed by atoms with Gasteiger partial charge in [0.1, 0.15) is 0 Å². The van der Waals surface area contributed by atoms with Crippen LogP contribution in [0.1, 0.15) is 23.7 Å². The Balaban J connectivity index is 2.24. The number of H-pyrrole nitrogens is 1. The Labute approximate surface area is 114 Å². The molecule has 2 aromatic rings. The number of aromatic nitrogens is 2. The van der Waals surface area contributed by atoms with Crippen LogP contribution in [0, 0.1) is 0 Å². The number of aliphatic carboxylic acids is 1.